The molecule has 0 saturated carbocycles. The Morgan fingerprint density at radius 2 is 1.82 bits per heavy atom. The SMILES string of the molecule is CNC.Cc1ncc2ncn(C)c2n1.[I][V][I]. The van der Waals surface area contributed by atoms with E-state index in [0.717, 1.165) is 17.0 Å². The quantitative estimate of drug-likeness (QED) is 0.567. The number of aromatic nitrogens is 4. The molecule has 0 aromatic carbocycles. The van der Waals surface area contributed by atoms with Gasteiger partial charge in [-0.05, 0) is 21.0 Å². The van der Waals surface area contributed by atoms with Crippen molar-refractivity contribution >= 4 is 51.1 Å². The fourth-order valence-electron chi connectivity index (χ4n) is 1.01. The normalized spacial score (nSPS) is 8.82. The van der Waals surface area contributed by atoms with E-state index in [2.05, 4.69) is 60.2 Å². The first-order valence-electron chi connectivity index (χ1n) is 4.72. The molecule has 2 heterocycles. The molecule has 0 spiro atoms. The minimum absolute atomic E-state index is 0.628. The molecule has 0 unspecified atom stereocenters. The standard InChI is InChI=1S/C7H8N4.C2H7N.2HI.V/c1-5-8-3-6-7(10-5)11(2)4-9-6;1-3-2;;;/h3-4H,1-2H3;3H,1-2H3;2*1H;/q;;;;+2/p-2. The number of hydrogen-bond donors (Lipinski definition) is 1. The van der Waals surface area contributed by atoms with Crippen LogP contribution in [0, 0.1) is 6.92 Å². The van der Waals surface area contributed by atoms with Crippen molar-refractivity contribution < 1.29 is 9.47 Å². The van der Waals surface area contributed by atoms with E-state index in [1.807, 2.05) is 32.6 Å². The third-order valence-electron chi connectivity index (χ3n) is 1.57. The molecule has 0 aliphatic rings. The van der Waals surface area contributed by atoms with E-state index in [9.17, 15) is 0 Å². The number of imidazole rings is 1. The van der Waals surface area contributed by atoms with Gasteiger partial charge in [-0.15, -0.1) is 0 Å². The van der Waals surface area contributed by atoms with E-state index in [1.165, 1.54) is 0 Å². The van der Waals surface area contributed by atoms with E-state index in [4.69, 9.17) is 0 Å². The minimum atomic E-state index is 0.628. The van der Waals surface area contributed by atoms with Crippen LogP contribution in [-0.4, -0.2) is 33.6 Å². The zero-order chi connectivity index (χ0) is 13.3. The van der Waals surface area contributed by atoms with Crippen molar-refractivity contribution in [1.82, 2.24) is 24.8 Å². The Balaban J connectivity index is 0.000000366. The molecule has 5 nitrogen and oxygen atoms in total. The van der Waals surface area contributed by atoms with Crippen molar-refractivity contribution in [1.29, 1.82) is 0 Å². The second-order valence-electron chi connectivity index (χ2n) is 3.05. The van der Waals surface area contributed by atoms with Gasteiger partial charge in [-0.3, -0.25) is 0 Å². The molecular formula is C9H15I2N5V. The van der Waals surface area contributed by atoms with Crippen LogP contribution < -0.4 is 5.32 Å². The van der Waals surface area contributed by atoms with Gasteiger partial charge in [0, 0.05) is 7.05 Å². The maximum absolute atomic E-state index is 4.22. The first-order valence-corrected chi connectivity index (χ1v) is 13.7. The summed E-state index contributed by atoms with van der Waals surface area (Å²) in [5.74, 6) is 0.779. The molecule has 0 fully saturated rings. The topological polar surface area (TPSA) is 55.6 Å². The number of aryl methyl sites for hydroxylation is 2. The molecular weight excluding hydrogens is 483 g/mol. The summed E-state index contributed by atoms with van der Waals surface area (Å²) in [6.45, 7) is 1.87. The zero-order valence-corrected chi connectivity index (χ0v) is 15.9. The molecule has 95 valence electrons. The Morgan fingerprint density at radius 3 is 2.35 bits per heavy atom. The Kier molecular flexibility index (Phi) is 10.8. The van der Waals surface area contributed by atoms with Crippen molar-refractivity contribution in [3.05, 3.63) is 18.3 Å². The summed E-state index contributed by atoms with van der Waals surface area (Å²) in [4.78, 5) is 12.4. The van der Waals surface area contributed by atoms with Crippen molar-refractivity contribution in [2.45, 2.75) is 6.92 Å². The Morgan fingerprint density at radius 1 is 1.29 bits per heavy atom. The van der Waals surface area contributed by atoms with Gasteiger partial charge in [0.15, 0.2) is 5.65 Å². The van der Waals surface area contributed by atoms with Gasteiger partial charge in [-0.25, -0.2) is 15.0 Å². The average Bonchev–Trinajstić information content (AvgIpc) is 2.63. The number of hydrogen-bond acceptors (Lipinski definition) is 4. The van der Waals surface area contributed by atoms with Crippen LogP contribution in [0.4, 0.5) is 0 Å². The fourth-order valence-corrected chi connectivity index (χ4v) is 1.01. The molecule has 2 aromatic heterocycles. The van der Waals surface area contributed by atoms with Crippen LogP contribution in [-0.2, 0) is 16.5 Å². The van der Waals surface area contributed by atoms with Crippen LogP contribution in [0.1, 0.15) is 5.82 Å². The van der Waals surface area contributed by atoms with Gasteiger partial charge < -0.3 is 9.88 Å². The Bertz CT molecular complexity index is 432. The van der Waals surface area contributed by atoms with Gasteiger partial charge in [0.2, 0.25) is 0 Å². The number of fused-ring (bicyclic) bond motifs is 1. The second kappa shape index (κ2) is 10.5. The van der Waals surface area contributed by atoms with Gasteiger partial charge in [-0.2, -0.15) is 0 Å². The first kappa shape index (κ1) is 17.6. The first-order chi connectivity index (χ1) is 8.10. The molecule has 17 heavy (non-hydrogen) atoms. The molecule has 0 aliphatic heterocycles. The molecule has 2 rings (SSSR count). The summed E-state index contributed by atoms with van der Waals surface area (Å²) < 4.78 is 1.88. The summed E-state index contributed by atoms with van der Waals surface area (Å²) in [6, 6.07) is 0. The van der Waals surface area contributed by atoms with E-state index < -0.39 is 0 Å². The molecule has 0 saturated heterocycles. The summed E-state index contributed by atoms with van der Waals surface area (Å²) >= 11 is 4.74. The van der Waals surface area contributed by atoms with Gasteiger partial charge in [0.05, 0.1) is 12.5 Å². The number of nitrogens with one attached hydrogen (secondary N) is 1. The zero-order valence-electron chi connectivity index (χ0n) is 10.1. The van der Waals surface area contributed by atoms with E-state index in [-0.39, 0.29) is 0 Å². The van der Waals surface area contributed by atoms with Crippen molar-refractivity contribution in [3.63, 3.8) is 0 Å². The predicted molar refractivity (Wildman–Crippen MR) is 84.1 cm³/mol. The van der Waals surface area contributed by atoms with Crippen LogP contribution in [0.2, 0.25) is 0 Å². The fraction of sp³-hybridized carbons (Fsp3) is 0.444. The van der Waals surface area contributed by atoms with E-state index in [1.54, 1.807) is 12.5 Å². The van der Waals surface area contributed by atoms with E-state index >= 15 is 0 Å². The Labute approximate surface area is 130 Å². The Hall–Kier alpha value is 0.554. The van der Waals surface area contributed by atoms with Crippen LogP contribution >= 0.6 is 40.0 Å². The molecule has 0 amide bonds. The molecule has 2 aromatic rings. The molecule has 8 heteroatoms. The maximum atomic E-state index is 4.22. The van der Waals surface area contributed by atoms with Gasteiger partial charge in [-0.1, -0.05) is 0 Å². The average molecular weight is 498 g/mol. The molecule has 1 N–H and O–H groups in total. The molecule has 0 bridgehead atoms. The predicted octanol–water partition coefficient (Wildman–Crippen LogP) is 2.28. The number of nitrogens with zero attached hydrogens (tertiary/aromatic N) is 4. The van der Waals surface area contributed by atoms with Crippen LogP contribution in [0.15, 0.2) is 12.5 Å². The molecule has 0 atom stereocenters. The van der Waals surface area contributed by atoms with Crippen molar-refractivity contribution in [2.75, 3.05) is 14.1 Å². The summed E-state index contributed by atoms with van der Waals surface area (Å²) in [7, 11) is 6.30. The van der Waals surface area contributed by atoms with Gasteiger partial charge >= 0.3 is 49.4 Å². The van der Waals surface area contributed by atoms with Crippen molar-refractivity contribution in [3.8, 4) is 0 Å². The van der Waals surface area contributed by atoms with Crippen LogP contribution in [0.25, 0.3) is 11.2 Å². The molecule has 0 radical (unpaired) electrons. The third-order valence-corrected chi connectivity index (χ3v) is 1.57. The van der Waals surface area contributed by atoms with Gasteiger partial charge in [0.1, 0.15) is 11.3 Å². The van der Waals surface area contributed by atoms with Crippen molar-refractivity contribution in [2.24, 2.45) is 7.05 Å². The summed E-state index contributed by atoms with van der Waals surface area (Å²) in [5, 5.41) is 2.75. The third kappa shape index (κ3) is 6.89. The summed E-state index contributed by atoms with van der Waals surface area (Å²) in [5.41, 5.74) is 1.73. The second-order valence-corrected chi connectivity index (χ2v) is 14.8. The van der Waals surface area contributed by atoms with Gasteiger partial charge in [0.25, 0.3) is 0 Å². The molecule has 0 aliphatic carbocycles. The monoisotopic (exact) mass is 498 g/mol. The van der Waals surface area contributed by atoms with E-state index in [0.29, 0.717) is 9.47 Å². The number of rotatable bonds is 0. The van der Waals surface area contributed by atoms with Crippen LogP contribution in [0.5, 0.6) is 0 Å². The van der Waals surface area contributed by atoms with Crippen LogP contribution in [0.3, 0.4) is 0 Å². The number of halogens is 2. The summed E-state index contributed by atoms with van der Waals surface area (Å²) in [6.07, 6.45) is 3.47.